The summed E-state index contributed by atoms with van der Waals surface area (Å²) in [6.07, 6.45) is 6.34. The summed E-state index contributed by atoms with van der Waals surface area (Å²) in [4.78, 5) is 11.7. The van der Waals surface area contributed by atoms with Crippen LogP contribution in [0.1, 0.15) is 12.8 Å². The van der Waals surface area contributed by atoms with Gasteiger partial charge in [-0.25, -0.2) is 4.79 Å². The van der Waals surface area contributed by atoms with Crippen LogP contribution in [0.25, 0.3) is 0 Å². The molecule has 2 bridgehead atoms. The quantitative estimate of drug-likeness (QED) is 0.792. The maximum Gasteiger partial charge on any atom is 0.412 e. The number of benzene rings is 1. The Morgan fingerprint density at radius 1 is 1.18 bits per heavy atom. The molecular formula is C14H15NO2. The van der Waals surface area contributed by atoms with E-state index < -0.39 is 0 Å². The highest BCUT2D eigenvalue weighted by Gasteiger charge is 2.36. The van der Waals surface area contributed by atoms with Crippen LogP contribution in [0.15, 0.2) is 42.5 Å². The lowest BCUT2D eigenvalue weighted by Crippen LogP contribution is -2.39. The third kappa shape index (κ3) is 2.18. The Balaban J connectivity index is 1.56. The van der Waals surface area contributed by atoms with E-state index in [1.54, 1.807) is 12.1 Å². The number of allylic oxidation sites excluding steroid dienone is 1. The Bertz CT molecular complexity index is 441. The van der Waals surface area contributed by atoms with Crippen molar-refractivity contribution in [3.05, 3.63) is 42.5 Å². The maximum atomic E-state index is 11.7. The molecule has 3 rings (SSSR count). The summed E-state index contributed by atoms with van der Waals surface area (Å²) in [6.45, 7) is 0. The van der Waals surface area contributed by atoms with Crippen LogP contribution in [0.2, 0.25) is 0 Å². The molecule has 1 amide bonds. The third-order valence-corrected chi connectivity index (χ3v) is 3.54. The molecule has 0 aliphatic heterocycles. The number of ether oxygens (including phenoxy) is 1. The first-order chi connectivity index (χ1) is 8.31. The second-order valence-electron chi connectivity index (χ2n) is 4.73. The first kappa shape index (κ1) is 10.4. The Hall–Kier alpha value is -1.77. The normalized spacial score (nSPS) is 29.3. The van der Waals surface area contributed by atoms with Gasteiger partial charge in [0.15, 0.2) is 0 Å². The molecule has 3 unspecified atom stereocenters. The van der Waals surface area contributed by atoms with E-state index in [1.807, 2.05) is 18.2 Å². The standard InChI is InChI=1S/C14H15NO2/c16-14(17-12-4-2-1-3-5-12)15-13-9-10-6-7-11(13)8-10/h1-7,10-11,13H,8-9H2,(H,15,16). The van der Waals surface area contributed by atoms with Gasteiger partial charge in [-0.15, -0.1) is 0 Å². The number of carbonyl (C=O) groups is 1. The van der Waals surface area contributed by atoms with Crippen LogP contribution in [0.3, 0.4) is 0 Å². The number of rotatable bonds is 2. The van der Waals surface area contributed by atoms with Crippen molar-refractivity contribution >= 4 is 6.09 Å². The molecule has 3 nitrogen and oxygen atoms in total. The Morgan fingerprint density at radius 3 is 2.65 bits per heavy atom. The fourth-order valence-corrected chi connectivity index (χ4v) is 2.72. The summed E-state index contributed by atoms with van der Waals surface area (Å²) in [6, 6.07) is 9.40. The monoisotopic (exact) mass is 229 g/mol. The lowest BCUT2D eigenvalue weighted by molar-refractivity contribution is 0.194. The predicted molar refractivity (Wildman–Crippen MR) is 64.7 cm³/mol. The van der Waals surface area contributed by atoms with Gasteiger partial charge in [0.1, 0.15) is 5.75 Å². The van der Waals surface area contributed by atoms with Crippen molar-refractivity contribution < 1.29 is 9.53 Å². The van der Waals surface area contributed by atoms with E-state index in [4.69, 9.17) is 4.74 Å². The molecule has 1 N–H and O–H groups in total. The zero-order chi connectivity index (χ0) is 11.7. The molecule has 0 saturated heterocycles. The average molecular weight is 229 g/mol. The molecule has 0 spiro atoms. The van der Waals surface area contributed by atoms with Gasteiger partial charge >= 0.3 is 6.09 Å². The molecule has 0 radical (unpaired) electrons. The highest BCUT2D eigenvalue weighted by atomic mass is 16.6. The second kappa shape index (κ2) is 4.24. The van der Waals surface area contributed by atoms with Gasteiger partial charge in [0.25, 0.3) is 0 Å². The van der Waals surface area contributed by atoms with Crippen molar-refractivity contribution in [3.8, 4) is 5.75 Å². The highest BCUT2D eigenvalue weighted by molar-refractivity contribution is 5.70. The summed E-state index contributed by atoms with van der Waals surface area (Å²) in [7, 11) is 0. The van der Waals surface area contributed by atoms with Crippen molar-refractivity contribution in [2.75, 3.05) is 0 Å². The van der Waals surface area contributed by atoms with Crippen molar-refractivity contribution in [3.63, 3.8) is 0 Å². The van der Waals surface area contributed by atoms with Gasteiger partial charge in [-0.05, 0) is 36.8 Å². The molecule has 88 valence electrons. The summed E-state index contributed by atoms with van der Waals surface area (Å²) < 4.78 is 5.21. The highest BCUT2D eigenvalue weighted by Crippen LogP contribution is 2.38. The van der Waals surface area contributed by atoms with Crippen LogP contribution in [0.5, 0.6) is 5.75 Å². The first-order valence-electron chi connectivity index (χ1n) is 6.03. The van der Waals surface area contributed by atoms with Gasteiger partial charge < -0.3 is 10.1 Å². The topological polar surface area (TPSA) is 38.3 Å². The molecule has 1 aromatic carbocycles. The molecule has 0 heterocycles. The van der Waals surface area contributed by atoms with Gasteiger partial charge in [-0.1, -0.05) is 30.4 Å². The van der Waals surface area contributed by atoms with E-state index in [2.05, 4.69) is 17.5 Å². The van der Waals surface area contributed by atoms with Gasteiger partial charge in [0.2, 0.25) is 0 Å². The predicted octanol–water partition coefficient (Wildman–Crippen LogP) is 2.74. The minimum Gasteiger partial charge on any atom is -0.410 e. The van der Waals surface area contributed by atoms with Gasteiger partial charge in [0, 0.05) is 6.04 Å². The minimum atomic E-state index is -0.345. The fraction of sp³-hybridized carbons (Fsp3) is 0.357. The average Bonchev–Trinajstić information content (AvgIpc) is 2.92. The van der Waals surface area contributed by atoms with Crippen LogP contribution < -0.4 is 10.1 Å². The molecule has 17 heavy (non-hydrogen) atoms. The number of hydrogen-bond donors (Lipinski definition) is 1. The number of amides is 1. The molecule has 0 aromatic heterocycles. The van der Waals surface area contributed by atoms with E-state index in [9.17, 15) is 4.79 Å². The number of nitrogens with one attached hydrogen (secondary N) is 1. The number of carbonyl (C=O) groups excluding carboxylic acids is 1. The molecule has 3 atom stereocenters. The van der Waals surface area contributed by atoms with E-state index in [0.29, 0.717) is 17.6 Å². The zero-order valence-electron chi connectivity index (χ0n) is 9.50. The Labute approximate surface area is 100 Å². The van der Waals surface area contributed by atoms with Crippen molar-refractivity contribution in [1.29, 1.82) is 0 Å². The van der Waals surface area contributed by atoms with E-state index in [-0.39, 0.29) is 12.1 Å². The van der Waals surface area contributed by atoms with E-state index >= 15 is 0 Å². The van der Waals surface area contributed by atoms with Crippen molar-refractivity contribution in [2.24, 2.45) is 11.8 Å². The molecule has 3 heteroatoms. The van der Waals surface area contributed by atoms with E-state index in [1.165, 1.54) is 6.42 Å². The third-order valence-electron chi connectivity index (χ3n) is 3.54. The van der Waals surface area contributed by atoms with Crippen LogP contribution in [-0.2, 0) is 0 Å². The van der Waals surface area contributed by atoms with Crippen LogP contribution in [0.4, 0.5) is 4.79 Å². The molecular weight excluding hydrogens is 214 g/mol. The summed E-state index contributed by atoms with van der Waals surface area (Å²) in [5, 5.41) is 2.95. The van der Waals surface area contributed by atoms with Crippen LogP contribution in [-0.4, -0.2) is 12.1 Å². The molecule has 1 aromatic rings. The van der Waals surface area contributed by atoms with Crippen LogP contribution >= 0.6 is 0 Å². The van der Waals surface area contributed by atoms with Gasteiger partial charge in [0.05, 0.1) is 0 Å². The summed E-state index contributed by atoms with van der Waals surface area (Å²) >= 11 is 0. The van der Waals surface area contributed by atoms with Crippen molar-refractivity contribution in [1.82, 2.24) is 5.32 Å². The number of hydrogen-bond acceptors (Lipinski definition) is 2. The van der Waals surface area contributed by atoms with Gasteiger partial charge in [-0.2, -0.15) is 0 Å². The number of fused-ring (bicyclic) bond motifs is 2. The Morgan fingerprint density at radius 2 is 2.00 bits per heavy atom. The Kier molecular flexibility index (Phi) is 2.59. The minimum absolute atomic E-state index is 0.251. The maximum absolute atomic E-state index is 11.7. The smallest absolute Gasteiger partial charge is 0.410 e. The molecule has 2 aliphatic carbocycles. The van der Waals surface area contributed by atoms with Crippen molar-refractivity contribution in [2.45, 2.75) is 18.9 Å². The molecule has 1 saturated carbocycles. The van der Waals surface area contributed by atoms with Gasteiger partial charge in [-0.3, -0.25) is 0 Å². The number of para-hydroxylation sites is 1. The first-order valence-corrected chi connectivity index (χ1v) is 6.03. The summed E-state index contributed by atoms with van der Waals surface area (Å²) in [5.74, 6) is 1.74. The second-order valence-corrected chi connectivity index (χ2v) is 4.73. The molecule has 2 aliphatic rings. The van der Waals surface area contributed by atoms with E-state index in [0.717, 1.165) is 6.42 Å². The fourth-order valence-electron chi connectivity index (χ4n) is 2.72. The zero-order valence-corrected chi connectivity index (χ0v) is 9.50. The lowest BCUT2D eigenvalue weighted by Gasteiger charge is -2.19. The molecule has 1 fully saturated rings. The summed E-state index contributed by atoms with van der Waals surface area (Å²) in [5.41, 5.74) is 0. The largest absolute Gasteiger partial charge is 0.412 e. The van der Waals surface area contributed by atoms with Crippen LogP contribution in [0, 0.1) is 11.8 Å². The lowest BCUT2D eigenvalue weighted by atomic mass is 10.0. The SMILES string of the molecule is O=C(NC1CC2C=CC1C2)Oc1ccccc1.